The zero-order valence-corrected chi connectivity index (χ0v) is 45.9. The topological polar surface area (TPSA) is 74.8 Å². The number of rotatable bonds is 18. The molecular formula is C62H58B2F8N2O4P2. The number of amides is 4. The van der Waals surface area contributed by atoms with Gasteiger partial charge in [0, 0.05) is 23.9 Å². The van der Waals surface area contributed by atoms with Gasteiger partial charge < -0.3 is 34.5 Å². The zero-order chi connectivity index (χ0) is 57.2. The molecule has 8 aromatic rings. The highest BCUT2D eigenvalue weighted by atomic mass is 31.2. The first-order valence-corrected chi connectivity index (χ1v) is 30.2. The summed E-state index contributed by atoms with van der Waals surface area (Å²) in [6.45, 7) is 4.78. The molecule has 0 bridgehead atoms. The highest BCUT2D eigenvalue weighted by molar-refractivity contribution is 8.02. The van der Waals surface area contributed by atoms with Crippen LogP contribution >= 0.6 is 14.5 Å². The number of halogens is 8. The van der Waals surface area contributed by atoms with Gasteiger partial charge in [0.2, 0.25) is 0 Å². The van der Waals surface area contributed by atoms with E-state index in [4.69, 9.17) is 0 Å². The number of hydrogen-bond donors (Lipinski definition) is 0. The minimum absolute atomic E-state index is 0.240. The normalized spacial score (nSPS) is 13.4. The molecule has 6 nitrogen and oxygen atoms in total. The van der Waals surface area contributed by atoms with Crippen molar-refractivity contribution in [2.45, 2.75) is 65.2 Å². The number of carbonyl (C=O) groups is 4. The van der Waals surface area contributed by atoms with Crippen molar-refractivity contribution in [2.24, 2.45) is 0 Å². The van der Waals surface area contributed by atoms with E-state index in [0.29, 0.717) is 56.5 Å². The van der Waals surface area contributed by atoms with Gasteiger partial charge in [-0.2, -0.15) is 0 Å². The molecule has 4 amide bonds. The molecule has 0 atom stereocenters. The van der Waals surface area contributed by atoms with Crippen LogP contribution in [0.25, 0.3) is 10.8 Å². The van der Waals surface area contributed by atoms with Gasteiger partial charge in [-0.25, -0.2) is 0 Å². The number of carbonyl (C=O) groups excluding carboxylic acids is 4. The monoisotopic (exact) mass is 1130 g/mol. The van der Waals surface area contributed by atoms with Crippen LogP contribution in [0, 0.1) is 0 Å². The van der Waals surface area contributed by atoms with E-state index >= 15 is 19.2 Å². The van der Waals surface area contributed by atoms with E-state index in [-0.39, 0.29) is 13.1 Å². The molecule has 412 valence electrons. The summed E-state index contributed by atoms with van der Waals surface area (Å²) >= 11 is 0. The van der Waals surface area contributed by atoms with Crippen molar-refractivity contribution in [3.63, 3.8) is 0 Å². The molecule has 2 aliphatic rings. The molecule has 0 saturated heterocycles. The standard InChI is InChI=1S/C62H58N2O4P2.2BF4/c1-3-5-7-27-41-63-59(65)51-43-54(70(48-35-21-12-22-36-48,49-37-23-13-24-38-49)50-39-25-14-26-40-50)58-56-52(60(66)64(62(58)68)42-28-8-6-4-2)44-53(57(55(51)56)61(63)67)69(45-29-15-9-16-30-45,46-31-17-10-18-32-46)47-33-19-11-20-34-47;2*2-1(3,4)5/h9-26,29-40,43-44H,3-8,27-28,41-42H2,1-2H3;;/q+2;2*-1. The summed E-state index contributed by atoms with van der Waals surface area (Å²) < 4.78 is 78.0. The second-order valence-electron chi connectivity index (χ2n) is 19.4. The highest BCUT2D eigenvalue weighted by Gasteiger charge is 2.57. The highest BCUT2D eigenvalue weighted by Crippen LogP contribution is 2.60. The number of imide groups is 2. The van der Waals surface area contributed by atoms with Gasteiger partial charge >= 0.3 is 14.5 Å². The van der Waals surface area contributed by atoms with Crippen LogP contribution in [0.4, 0.5) is 34.5 Å². The number of unbranched alkanes of at least 4 members (excludes halogenated alkanes) is 6. The smallest absolute Gasteiger partial charge is 0.418 e. The zero-order valence-electron chi connectivity index (χ0n) is 44.1. The van der Waals surface area contributed by atoms with Gasteiger partial charge in [0.1, 0.15) is 57.0 Å². The summed E-state index contributed by atoms with van der Waals surface area (Å²) in [6, 6.07) is 66.1. The van der Waals surface area contributed by atoms with Crippen molar-refractivity contribution in [1.82, 2.24) is 9.80 Å². The van der Waals surface area contributed by atoms with E-state index in [2.05, 4.69) is 86.6 Å². The average Bonchev–Trinajstić information content (AvgIpc) is 3.00. The summed E-state index contributed by atoms with van der Waals surface area (Å²) in [4.78, 5) is 66.8. The fourth-order valence-corrected chi connectivity index (χ4v) is 20.0. The second kappa shape index (κ2) is 25.5. The molecule has 0 fully saturated rings. The Morgan fingerprint density at radius 2 is 0.562 bits per heavy atom. The molecular weight excluding hydrogens is 1070 g/mol. The molecule has 18 heteroatoms. The molecule has 0 aliphatic carbocycles. The van der Waals surface area contributed by atoms with Gasteiger partial charge in [0.25, 0.3) is 23.6 Å². The maximum Gasteiger partial charge on any atom is 0.673 e. The number of hydrogen-bond acceptors (Lipinski definition) is 4. The molecule has 0 spiro atoms. The molecule has 80 heavy (non-hydrogen) atoms. The number of benzene rings is 8. The first kappa shape index (κ1) is 58.9. The quantitative estimate of drug-likeness (QED) is 0.0282. The third-order valence-electron chi connectivity index (χ3n) is 14.3. The lowest BCUT2D eigenvalue weighted by atomic mass is 9.85. The van der Waals surface area contributed by atoms with E-state index in [1.807, 2.05) is 121 Å². The molecule has 0 unspecified atom stereocenters. The van der Waals surface area contributed by atoms with E-state index in [1.165, 1.54) is 9.80 Å². The molecule has 0 saturated carbocycles. The van der Waals surface area contributed by atoms with Crippen LogP contribution in [-0.2, 0) is 0 Å². The van der Waals surface area contributed by atoms with Gasteiger partial charge in [-0.3, -0.25) is 29.0 Å². The molecule has 10 rings (SSSR count). The summed E-state index contributed by atoms with van der Waals surface area (Å²) in [6.07, 6.45) is 6.99. The Bertz CT molecular complexity index is 3020. The van der Waals surface area contributed by atoms with Crippen LogP contribution in [-0.4, -0.2) is 61.0 Å². The summed E-state index contributed by atoms with van der Waals surface area (Å²) in [5.41, 5.74) is 1.47. The molecule has 2 aliphatic heterocycles. The van der Waals surface area contributed by atoms with Crippen LogP contribution in [0.3, 0.4) is 0 Å². The van der Waals surface area contributed by atoms with Crippen molar-refractivity contribution in [3.8, 4) is 0 Å². The maximum absolute atomic E-state index is 16.1. The van der Waals surface area contributed by atoms with Gasteiger partial charge in [0.15, 0.2) is 0 Å². The Morgan fingerprint density at radius 1 is 0.338 bits per heavy atom. The third kappa shape index (κ3) is 12.1. The lowest BCUT2D eigenvalue weighted by Gasteiger charge is -2.38. The van der Waals surface area contributed by atoms with E-state index in [1.54, 1.807) is 0 Å². The van der Waals surface area contributed by atoms with Crippen molar-refractivity contribution in [3.05, 3.63) is 216 Å². The van der Waals surface area contributed by atoms with Crippen molar-refractivity contribution in [2.75, 3.05) is 13.1 Å². The fourth-order valence-electron chi connectivity index (χ4n) is 11.1. The Labute approximate surface area is 462 Å². The predicted octanol–water partition coefficient (Wildman–Crippen LogP) is 13.0. The van der Waals surface area contributed by atoms with Crippen molar-refractivity contribution < 1.29 is 53.7 Å². The third-order valence-corrected chi connectivity index (χ3v) is 22.9. The van der Waals surface area contributed by atoms with Crippen LogP contribution < -0.4 is 42.4 Å². The molecule has 8 aromatic carbocycles. The molecule has 0 N–H and O–H groups in total. The van der Waals surface area contributed by atoms with Gasteiger partial charge in [0.05, 0.1) is 22.3 Å². The van der Waals surface area contributed by atoms with Crippen molar-refractivity contribution in [1.29, 1.82) is 0 Å². The minimum atomic E-state index is -6.00. The average molecular weight is 1130 g/mol. The Morgan fingerprint density at radius 3 is 0.775 bits per heavy atom. The van der Waals surface area contributed by atoms with Gasteiger partial charge in [-0.15, -0.1) is 0 Å². The lowest BCUT2D eigenvalue weighted by Crippen LogP contribution is -2.51. The molecule has 2 heterocycles. The van der Waals surface area contributed by atoms with Gasteiger partial charge in [-0.05, 0) is 97.8 Å². The SMILES string of the molecule is CCCCCCN1C(=O)c2cc([P+](c3ccccc3)(c3ccccc3)c3ccccc3)c3c4c(cc([P+](c5ccccc5)(c5ccccc5)c5ccccc5)c(c24)C1=O)C(=O)N(CCCCCC)C3=O.F[B-](F)(F)F.F[B-](F)(F)F. The summed E-state index contributed by atoms with van der Waals surface area (Å²) in [5.74, 6) is -1.58. The van der Waals surface area contributed by atoms with E-state index in [9.17, 15) is 34.5 Å². The number of nitrogens with zero attached hydrogens (tertiary/aromatic N) is 2. The maximum atomic E-state index is 16.1. The Hall–Kier alpha value is -7.27. The Balaban J connectivity index is 0.000000774. The van der Waals surface area contributed by atoms with Crippen LogP contribution in [0.5, 0.6) is 0 Å². The Kier molecular flexibility index (Phi) is 18.7. The predicted molar refractivity (Wildman–Crippen MR) is 313 cm³/mol. The molecule has 0 aromatic heterocycles. The summed E-state index contributed by atoms with van der Waals surface area (Å²) in [5, 5.41) is 8.25. The molecule has 0 radical (unpaired) electrons. The largest absolute Gasteiger partial charge is 0.673 e. The van der Waals surface area contributed by atoms with Crippen LogP contribution in [0.2, 0.25) is 0 Å². The first-order chi connectivity index (χ1) is 38.4. The van der Waals surface area contributed by atoms with Crippen LogP contribution in [0.15, 0.2) is 194 Å². The van der Waals surface area contributed by atoms with E-state index in [0.717, 1.165) is 70.4 Å². The second-order valence-corrected chi connectivity index (χ2v) is 26.1. The first-order valence-electron chi connectivity index (χ1n) is 26.7. The fraction of sp³-hybridized carbons (Fsp3) is 0.194. The van der Waals surface area contributed by atoms with Gasteiger partial charge in [-0.1, -0.05) is 162 Å². The lowest BCUT2D eigenvalue weighted by molar-refractivity contribution is 0.0587. The van der Waals surface area contributed by atoms with Crippen molar-refractivity contribution >= 4 is 106 Å². The van der Waals surface area contributed by atoms with E-state index < -0.39 is 52.7 Å². The minimum Gasteiger partial charge on any atom is -0.418 e. The van der Waals surface area contributed by atoms with Crippen LogP contribution in [0.1, 0.15) is 107 Å². The summed E-state index contributed by atoms with van der Waals surface area (Å²) in [7, 11) is -18.2.